The van der Waals surface area contributed by atoms with Crippen LogP contribution in [-0.4, -0.2) is 43.9 Å². The van der Waals surface area contributed by atoms with Crippen LogP contribution in [0.4, 0.5) is 17.5 Å². The molecule has 0 atom stereocenters. The van der Waals surface area contributed by atoms with Gasteiger partial charge in [0.05, 0.1) is 19.0 Å². The second kappa shape index (κ2) is 9.82. The summed E-state index contributed by atoms with van der Waals surface area (Å²) >= 11 is 0. The zero-order valence-electron chi connectivity index (χ0n) is 19.8. The highest BCUT2D eigenvalue weighted by Crippen LogP contribution is 2.32. The van der Waals surface area contributed by atoms with Crippen LogP contribution in [0.15, 0.2) is 24.5 Å². The van der Waals surface area contributed by atoms with Crippen LogP contribution in [-0.2, 0) is 6.54 Å². The van der Waals surface area contributed by atoms with Gasteiger partial charge in [-0.3, -0.25) is 0 Å². The van der Waals surface area contributed by atoms with Crippen LogP contribution in [0.1, 0.15) is 64.0 Å². The van der Waals surface area contributed by atoms with Crippen LogP contribution < -0.4 is 21.1 Å². The predicted molar refractivity (Wildman–Crippen MR) is 132 cm³/mol. The molecule has 1 aromatic carbocycles. The molecule has 3 aromatic rings. The van der Waals surface area contributed by atoms with Crippen molar-refractivity contribution >= 4 is 28.6 Å². The molecular weight excluding hydrogens is 418 g/mol. The number of nitrogens with zero attached hydrogens (tertiary/aromatic N) is 4. The number of fused-ring (bicyclic) bond motifs is 1. The van der Waals surface area contributed by atoms with Crippen molar-refractivity contribution in [3.8, 4) is 5.75 Å². The van der Waals surface area contributed by atoms with E-state index in [-0.39, 0.29) is 0 Å². The summed E-state index contributed by atoms with van der Waals surface area (Å²) in [5.74, 6) is 1.93. The quantitative estimate of drug-likeness (QED) is 0.357. The molecule has 0 bridgehead atoms. The van der Waals surface area contributed by atoms with E-state index in [0.29, 0.717) is 43.0 Å². The van der Waals surface area contributed by atoms with Crippen LogP contribution >= 0.6 is 0 Å². The molecule has 0 spiro atoms. The number of nitrogens with two attached hydrogens (primary N) is 1. The summed E-state index contributed by atoms with van der Waals surface area (Å²) in [5, 5.41) is 16.7. The van der Waals surface area contributed by atoms with E-state index >= 15 is 0 Å². The van der Waals surface area contributed by atoms with Crippen LogP contribution in [0.3, 0.4) is 0 Å². The summed E-state index contributed by atoms with van der Waals surface area (Å²) < 4.78 is 7.54. The average Bonchev–Trinajstić information content (AvgIpc) is 3.22. The zero-order chi connectivity index (χ0) is 23.4. The highest BCUT2D eigenvalue weighted by molar-refractivity contribution is 5.84. The number of rotatable bonds is 9. The van der Waals surface area contributed by atoms with E-state index < -0.39 is 5.60 Å². The number of imidazole rings is 1. The molecule has 178 valence electrons. The number of hydrogen-bond acceptors (Lipinski definition) is 8. The predicted octanol–water partition coefficient (Wildman–Crippen LogP) is 4.11. The van der Waals surface area contributed by atoms with Gasteiger partial charge in [-0.2, -0.15) is 9.97 Å². The van der Waals surface area contributed by atoms with Gasteiger partial charge in [-0.15, -0.1) is 0 Å². The Labute approximate surface area is 194 Å². The Balaban J connectivity index is 1.63. The molecule has 1 saturated carbocycles. The van der Waals surface area contributed by atoms with Gasteiger partial charge < -0.3 is 30.8 Å². The summed E-state index contributed by atoms with van der Waals surface area (Å²) in [7, 11) is 1.64. The molecule has 0 aliphatic heterocycles. The summed E-state index contributed by atoms with van der Waals surface area (Å²) in [6.45, 7) is 4.63. The van der Waals surface area contributed by atoms with Crippen LogP contribution in [0.5, 0.6) is 5.75 Å². The van der Waals surface area contributed by atoms with Crippen molar-refractivity contribution in [3.05, 3.63) is 30.1 Å². The van der Waals surface area contributed by atoms with Crippen molar-refractivity contribution in [2.45, 2.75) is 70.6 Å². The average molecular weight is 454 g/mol. The lowest BCUT2D eigenvalue weighted by molar-refractivity contribution is 0.0748. The molecule has 33 heavy (non-hydrogen) atoms. The maximum Gasteiger partial charge on any atom is 0.226 e. The third-order valence-corrected chi connectivity index (χ3v) is 6.21. The smallest absolute Gasteiger partial charge is 0.226 e. The van der Waals surface area contributed by atoms with Crippen molar-refractivity contribution in [2.24, 2.45) is 0 Å². The van der Waals surface area contributed by atoms with Crippen molar-refractivity contribution in [1.29, 1.82) is 0 Å². The van der Waals surface area contributed by atoms with Crippen molar-refractivity contribution in [2.75, 3.05) is 30.0 Å². The lowest BCUT2D eigenvalue weighted by atomic mass is 9.95. The molecule has 0 saturated heterocycles. The first-order chi connectivity index (χ1) is 15.8. The Hall–Kier alpha value is -3.07. The Morgan fingerprint density at radius 1 is 1.18 bits per heavy atom. The summed E-state index contributed by atoms with van der Waals surface area (Å²) in [6, 6.07) is 6.01. The minimum absolute atomic E-state index is 0.407. The second-order valence-corrected chi connectivity index (χ2v) is 9.42. The van der Waals surface area contributed by atoms with E-state index in [4.69, 9.17) is 20.4 Å². The summed E-state index contributed by atoms with van der Waals surface area (Å²) in [6.07, 6.45) is 8.50. The first-order valence-corrected chi connectivity index (χ1v) is 11.7. The van der Waals surface area contributed by atoms with E-state index in [0.717, 1.165) is 35.3 Å². The third-order valence-electron chi connectivity index (χ3n) is 6.21. The minimum Gasteiger partial charge on any atom is -0.497 e. The van der Waals surface area contributed by atoms with Gasteiger partial charge >= 0.3 is 0 Å². The van der Waals surface area contributed by atoms with Gasteiger partial charge in [-0.05, 0) is 56.9 Å². The fraction of sp³-hybridized carbons (Fsp3) is 0.542. The number of hydrogen-bond donors (Lipinski definition) is 4. The fourth-order valence-corrected chi connectivity index (χ4v) is 4.27. The van der Waals surface area contributed by atoms with E-state index in [1.807, 2.05) is 24.5 Å². The summed E-state index contributed by atoms with van der Waals surface area (Å²) in [4.78, 5) is 14.2. The van der Waals surface area contributed by atoms with Crippen LogP contribution in [0.25, 0.3) is 11.2 Å². The Morgan fingerprint density at radius 3 is 2.70 bits per heavy atom. The lowest BCUT2D eigenvalue weighted by Gasteiger charge is -2.23. The molecule has 0 unspecified atom stereocenters. The van der Waals surface area contributed by atoms with Crippen LogP contribution in [0.2, 0.25) is 0 Å². The molecule has 4 rings (SSSR count). The van der Waals surface area contributed by atoms with Gasteiger partial charge in [-0.25, -0.2) is 4.98 Å². The normalized spacial score (nSPS) is 15.0. The SMILES string of the molecule is COc1ccc(N)c(CNc2nc(NCCC(C)(C)O)nc3c2ncn3C2CCCCC2)c1. The molecule has 1 fully saturated rings. The number of benzene rings is 1. The Morgan fingerprint density at radius 2 is 1.97 bits per heavy atom. The van der Waals surface area contributed by atoms with E-state index in [1.54, 1.807) is 21.0 Å². The zero-order valence-corrected chi connectivity index (χ0v) is 19.8. The van der Waals surface area contributed by atoms with Gasteiger partial charge in [0.25, 0.3) is 0 Å². The molecule has 2 heterocycles. The number of anilines is 3. The monoisotopic (exact) mass is 453 g/mol. The second-order valence-electron chi connectivity index (χ2n) is 9.42. The van der Waals surface area contributed by atoms with E-state index in [2.05, 4.69) is 20.2 Å². The fourth-order valence-electron chi connectivity index (χ4n) is 4.27. The molecule has 9 heteroatoms. The molecule has 1 aliphatic rings. The highest BCUT2D eigenvalue weighted by atomic mass is 16.5. The van der Waals surface area contributed by atoms with E-state index in [1.165, 1.54) is 19.3 Å². The molecule has 2 aromatic heterocycles. The molecule has 9 nitrogen and oxygen atoms in total. The molecular formula is C24H35N7O2. The topological polar surface area (TPSA) is 123 Å². The third kappa shape index (κ3) is 5.65. The Bertz CT molecular complexity index is 1080. The first-order valence-electron chi connectivity index (χ1n) is 11.7. The van der Waals surface area contributed by atoms with Crippen molar-refractivity contribution in [1.82, 2.24) is 19.5 Å². The number of ether oxygens (including phenoxy) is 1. The number of aromatic nitrogens is 4. The number of nitrogens with one attached hydrogen (secondary N) is 2. The van der Waals surface area contributed by atoms with E-state index in [9.17, 15) is 5.11 Å². The lowest BCUT2D eigenvalue weighted by Crippen LogP contribution is -2.23. The Kier molecular flexibility index (Phi) is 6.88. The van der Waals surface area contributed by atoms with Gasteiger partial charge in [0.2, 0.25) is 5.95 Å². The highest BCUT2D eigenvalue weighted by Gasteiger charge is 2.21. The number of methoxy groups -OCH3 is 1. The summed E-state index contributed by atoms with van der Waals surface area (Å²) in [5.41, 5.74) is 8.59. The first kappa shape index (κ1) is 23.1. The van der Waals surface area contributed by atoms with Gasteiger partial charge in [-0.1, -0.05) is 19.3 Å². The largest absolute Gasteiger partial charge is 0.497 e. The van der Waals surface area contributed by atoms with Crippen molar-refractivity contribution < 1.29 is 9.84 Å². The van der Waals surface area contributed by atoms with Gasteiger partial charge in [0, 0.05) is 24.8 Å². The molecule has 5 N–H and O–H groups in total. The standard InChI is InChI=1S/C24H35N7O2/c1-24(2,32)11-12-26-23-29-21(27-14-16-13-18(33-3)9-10-19(16)25)20-22(30-23)31(15-28-20)17-7-5-4-6-8-17/h9-10,13,15,17,32H,4-8,11-12,14,25H2,1-3H3,(H2,26,27,29,30). The number of aliphatic hydroxyl groups is 1. The van der Waals surface area contributed by atoms with Gasteiger partial charge in [0.1, 0.15) is 5.75 Å². The molecule has 0 amide bonds. The molecule has 1 aliphatic carbocycles. The minimum atomic E-state index is -0.758. The number of nitrogen functional groups attached to an aromatic ring is 1. The maximum absolute atomic E-state index is 10.1. The molecule has 0 radical (unpaired) electrons. The maximum atomic E-state index is 10.1. The van der Waals surface area contributed by atoms with Crippen molar-refractivity contribution in [3.63, 3.8) is 0 Å². The van der Waals surface area contributed by atoms with Gasteiger partial charge in [0.15, 0.2) is 17.0 Å². The van der Waals surface area contributed by atoms with Crippen LogP contribution in [0, 0.1) is 0 Å².